The van der Waals surface area contributed by atoms with Crippen molar-refractivity contribution in [3.8, 4) is 5.75 Å². The second-order valence-electron chi connectivity index (χ2n) is 6.82. The van der Waals surface area contributed by atoms with E-state index < -0.39 is 0 Å². The van der Waals surface area contributed by atoms with E-state index in [1.54, 1.807) is 14.2 Å². The van der Waals surface area contributed by atoms with Crippen LogP contribution in [0, 0.1) is 0 Å². The molecule has 7 nitrogen and oxygen atoms in total. The van der Waals surface area contributed by atoms with Crippen LogP contribution in [0.3, 0.4) is 0 Å². The van der Waals surface area contributed by atoms with Crippen LogP contribution in [0.15, 0.2) is 29.1 Å². The van der Waals surface area contributed by atoms with Crippen molar-refractivity contribution < 1.29 is 14.2 Å². The van der Waals surface area contributed by atoms with Crippen LogP contribution < -0.4 is 15.6 Å². The molecule has 1 aliphatic heterocycles. The first-order valence-corrected chi connectivity index (χ1v) is 9.85. The van der Waals surface area contributed by atoms with Gasteiger partial charge in [-0.3, -0.25) is 4.79 Å². The lowest BCUT2D eigenvalue weighted by Crippen LogP contribution is -2.44. The maximum atomic E-state index is 12.7. The molecule has 2 heterocycles. The molecule has 1 aliphatic rings. The number of thiocarbonyl (C=S) groups is 1. The number of rotatable bonds is 8. The van der Waals surface area contributed by atoms with Gasteiger partial charge in [-0.2, -0.15) is 0 Å². The molecule has 3 rings (SSSR count). The molecule has 1 aromatic carbocycles. The van der Waals surface area contributed by atoms with E-state index in [4.69, 9.17) is 26.4 Å². The zero-order valence-electron chi connectivity index (χ0n) is 16.3. The van der Waals surface area contributed by atoms with Crippen LogP contribution in [0.1, 0.15) is 18.4 Å². The molecule has 0 spiro atoms. The largest absolute Gasteiger partial charge is 0.497 e. The van der Waals surface area contributed by atoms with Crippen LogP contribution in [0.2, 0.25) is 0 Å². The normalized spacial score (nSPS) is 16.3. The lowest BCUT2D eigenvalue weighted by Gasteiger charge is -2.28. The van der Waals surface area contributed by atoms with Gasteiger partial charge in [-0.1, -0.05) is 0 Å². The maximum Gasteiger partial charge on any atom is 0.253 e. The number of aromatic amines is 1. The summed E-state index contributed by atoms with van der Waals surface area (Å²) in [6.45, 7) is 3.02. The van der Waals surface area contributed by atoms with E-state index in [0.717, 1.165) is 30.4 Å². The highest BCUT2D eigenvalue weighted by molar-refractivity contribution is 7.80. The number of H-pyrrole nitrogens is 1. The molecule has 1 fully saturated rings. The molecule has 8 heteroatoms. The van der Waals surface area contributed by atoms with E-state index in [1.807, 2.05) is 29.2 Å². The highest BCUT2D eigenvalue weighted by Crippen LogP contribution is 2.20. The Balaban J connectivity index is 1.80. The summed E-state index contributed by atoms with van der Waals surface area (Å²) in [4.78, 5) is 17.6. The fourth-order valence-electron chi connectivity index (χ4n) is 3.30. The first-order chi connectivity index (χ1) is 13.6. The monoisotopic (exact) mass is 405 g/mol. The van der Waals surface area contributed by atoms with Crippen LogP contribution in [0.4, 0.5) is 0 Å². The molecule has 152 valence electrons. The van der Waals surface area contributed by atoms with Crippen LogP contribution in [0.5, 0.6) is 5.75 Å². The van der Waals surface area contributed by atoms with E-state index in [0.29, 0.717) is 42.7 Å². The molecular weight excluding hydrogens is 378 g/mol. The Morgan fingerprint density at radius 1 is 1.39 bits per heavy atom. The van der Waals surface area contributed by atoms with Gasteiger partial charge in [-0.15, -0.1) is 0 Å². The van der Waals surface area contributed by atoms with Crippen molar-refractivity contribution in [2.24, 2.45) is 0 Å². The molecule has 0 unspecified atom stereocenters. The van der Waals surface area contributed by atoms with Crippen LogP contribution in [-0.4, -0.2) is 61.6 Å². The van der Waals surface area contributed by atoms with Gasteiger partial charge >= 0.3 is 0 Å². The number of fused-ring (bicyclic) bond motifs is 1. The van der Waals surface area contributed by atoms with Crippen molar-refractivity contribution in [3.63, 3.8) is 0 Å². The number of nitrogens with one attached hydrogen (secondary N) is 2. The average molecular weight is 406 g/mol. The van der Waals surface area contributed by atoms with Crippen molar-refractivity contribution in [1.29, 1.82) is 0 Å². The van der Waals surface area contributed by atoms with Crippen molar-refractivity contribution in [2.45, 2.75) is 25.5 Å². The summed E-state index contributed by atoms with van der Waals surface area (Å²) in [6, 6.07) is 7.55. The first kappa shape index (κ1) is 20.6. The fourth-order valence-corrected chi connectivity index (χ4v) is 3.54. The number of ether oxygens (including phenoxy) is 3. The third-order valence-corrected chi connectivity index (χ3v) is 5.21. The zero-order valence-corrected chi connectivity index (χ0v) is 17.1. The lowest BCUT2D eigenvalue weighted by molar-refractivity contribution is 0.0895. The van der Waals surface area contributed by atoms with Gasteiger partial charge in [0, 0.05) is 38.4 Å². The quantitative estimate of drug-likeness (QED) is 0.514. The average Bonchev–Trinajstić information content (AvgIpc) is 3.20. The summed E-state index contributed by atoms with van der Waals surface area (Å²) in [5.74, 6) is 0.708. The van der Waals surface area contributed by atoms with Gasteiger partial charge < -0.3 is 29.4 Å². The van der Waals surface area contributed by atoms with Crippen molar-refractivity contribution >= 4 is 28.2 Å². The molecule has 2 aromatic rings. The van der Waals surface area contributed by atoms with E-state index in [9.17, 15) is 4.79 Å². The van der Waals surface area contributed by atoms with E-state index in [-0.39, 0.29) is 11.7 Å². The third kappa shape index (κ3) is 5.21. The minimum absolute atomic E-state index is 0.127. The molecule has 0 aliphatic carbocycles. The Kier molecular flexibility index (Phi) is 7.24. The topological polar surface area (TPSA) is 75.8 Å². The van der Waals surface area contributed by atoms with E-state index in [2.05, 4.69) is 10.3 Å². The highest BCUT2D eigenvalue weighted by atomic mass is 32.1. The standard InChI is InChI=1S/C20H27N3O4S/c1-25-9-7-21-20(28)23(13-17-4-3-8-27-17)12-15-10-14-5-6-16(26-2)11-18(14)22-19(15)24/h5-6,10-11,17H,3-4,7-9,12-13H2,1-2H3,(H,21,28)(H,22,24)/t17-/m1/s1. The summed E-state index contributed by atoms with van der Waals surface area (Å²) in [5, 5.41) is 4.75. The summed E-state index contributed by atoms with van der Waals surface area (Å²) < 4.78 is 16.1. The molecule has 0 amide bonds. The Morgan fingerprint density at radius 2 is 2.25 bits per heavy atom. The second kappa shape index (κ2) is 9.86. The van der Waals surface area contributed by atoms with Crippen molar-refractivity contribution in [2.75, 3.05) is 40.5 Å². The first-order valence-electron chi connectivity index (χ1n) is 9.44. The maximum absolute atomic E-state index is 12.7. The van der Waals surface area contributed by atoms with Crippen LogP contribution >= 0.6 is 12.2 Å². The molecular formula is C20H27N3O4S. The van der Waals surface area contributed by atoms with Gasteiger partial charge in [0.1, 0.15) is 5.75 Å². The summed E-state index contributed by atoms with van der Waals surface area (Å²) in [6.07, 6.45) is 2.19. The highest BCUT2D eigenvalue weighted by Gasteiger charge is 2.22. The number of hydrogen-bond acceptors (Lipinski definition) is 5. The number of hydrogen-bond donors (Lipinski definition) is 2. The Labute approximate surface area is 170 Å². The number of benzene rings is 1. The van der Waals surface area contributed by atoms with Gasteiger partial charge in [-0.25, -0.2) is 0 Å². The minimum atomic E-state index is -0.127. The second-order valence-corrected chi connectivity index (χ2v) is 7.20. The Bertz CT molecular complexity index is 864. The number of nitrogens with zero attached hydrogens (tertiary/aromatic N) is 1. The smallest absolute Gasteiger partial charge is 0.253 e. The predicted octanol–water partition coefficient (Wildman–Crippen LogP) is 2.04. The molecule has 1 atom stereocenters. The number of methoxy groups -OCH3 is 2. The van der Waals surface area contributed by atoms with Crippen LogP contribution in [-0.2, 0) is 16.0 Å². The Hall–Kier alpha value is -2.16. The zero-order chi connectivity index (χ0) is 19.9. The fraction of sp³-hybridized carbons (Fsp3) is 0.500. The molecule has 28 heavy (non-hydrogen) atoms. The van der Waals surface area contributed by atoms with Gasteiger partial charge in [0.2, 0.25) is 0 Å². The molecule has 0 bridgehead atoms. The van der Waals surface area contributed by atoms with Crippen molar-refractivity contribution in [1.82, 2.24) is 15.2 Å². The van der Waals surface area contributed by atoms with Gasteiger partial charge in [0.25, 0.3) is 5.56 Å². The summed E-state index contributed by atoms with van der Waals surface area (Å²) in [7, 11) is 3.26. The lowest BCUT2D eigenvalue weighted by atomic mass is 10.1. The number of aromatic nitrogens is 1. The van der Waals surface area contributed by atoms with Gasteiger partial charge in [-0.05, 0) is 48.6 Å². The Morgan fingerprint density at radius 3 is 2.96 bits per heavy atom. The molecule has 2 N–H and O–H groups in total. The molecule has 1 aromatic heterocycles. The van der Waals surface area contributed by atoms with E-state index >= 15 is 0 Å². The summed E-state index contributed by atoms with van der Waals surface area (Å²) >= 11 is 5.57. The molecule has 0 radical (unpaired) electrons. The number of pyridine rings is 1. The van der Waals surface area contributed by atoms with Gasteiger partial charge in [0.15, 0.2) is 5.11 Å². The SMILES string of the molecule is COCCNC(=S)N(Cc1cc2ccc(OC)cc2[nH]c1=O)C[C@H]1CCCO1. The third-order valence-electron chi connectivity index (χ3n) is 4.81. The van der Waals surface area contributed by atoms with Crippen LogP contribution in [0.25, 0.3) is 10.9 Å². The predicted molar refractivity (Wildman–Crippen MR) is 113 cm³/mol. The van der Waals surface area contributed by atoms with E-state index in [1.165, 1.54) is 0 Å². The molecule has 0 saturated carbocycles. The minimum Gasteiger partial charge on any atom is -0.497 e. The van der Waals surface area contributed by atoms with Crippen molar-refractivity contribution in [3.05, 3.63) is 40.2 Å². The molecule has 1 saturated heterocycles. The van der Waals surface area contributed by atoms with Gasteiger partial charge in [0.05, 0.1) is 31.9 Å². The summed E-state index contributed by atoms with van der Waals surface area (Å²) in [5.41, 5.74) is 1.28.